The highest BCUT2D eigenvalue weighted by atomic mass is 19.1. The van der Waals surface area contributed by atoms with Crippen molar-refractivity contribution in [3.63, 3.8) is 0 Å². The van der Waals surface area contributed by atoms with E-state index in [1.165, 1.54) is 12.1 Å². The van der Waals surface area contributed by atoms with Crippen LogP contribution in [0.15, 0.2) is 42.7 Å². The summed E-state index contributed by atoms with van der Waals surface area (Å²) in [5.74, 6) is -0.254. The monoisotopic (exact) mass is 368 g/mol. The molecule has 3 aromatic rings. The van der Waals surface area contributed by atoms with Crippen LogP contribution in [0.3, 0.4) is 0 Å². The van der Waals surface area contributed by atoms with Crippen molar-refractivity contribution >= 4 is 16.9 Å². The van der Waals surface area contributed by atoms with Crippen LogP contribution in [0.2, 0.25) is 0 Å². The zero-order chi connectivity index (χ0) is 18.8. The molecule has 0 bridgehead atoms. The zero-order valence-corrected chi connectivity index (χ0v) is 14.8. The molecular weight excluding hydrogens is 347 g/mol. The number of fused-ring (bicyclic) bond motifs is 1. The number of benzene rings is 1. The number of aliphatic hydroxyl groups is 1. The first-order valence-electron chi connectivity index (χ1n) is 9.11. The number of pyridine rings is 1. The quantitative estimate of drug-likeness (QED) is 0.722. The van der Waals surface area contributed by atoms with Gasteiger partial charge in [-0.2, -0.15) is 0 Å². The van der Waals surface area contributed by atoms with Crippen LogP contribution in [0.25, 0.3) is 22.4 Å². The summed E-state index contributed by atoms with van der Waals surface area (Å²) in [6.07, 6.45) is 3.09. The van der Waals surface area contributed by atoms with Gasteiger partial charge in [-0.05, 0) is 55.8 Å². The van der Waals surface area contributed by atoms with E-state index in [2.05, 4.69) is 15.3 Å². The Hall–Kier alpha value is -2.64. The van der Waals surface area contributed by atoms with Gasteiger partial charge >= 0.3 is 0 Å². The molecule has 2 aromatic heterocycles. The third kappa shape index (κ3) is 3.89. The second-order valence-corrected chi connectivity index (χ2v) is 6.93. The number of imidazole rings is 1. The van der Waals surface area contributed by atoms with Gasteiger partial charge in [0.25, 0.3) is 0 Å². The van der Waals surface area contributed by atoms with Crippen LogP contribution >= 0.6 is 0 Å². The van der Waals surface area contributed by atoms with E-state index in [0.717, 1.165) is 30.5 Å². The third-order valence-corrected chi connectivity index (χ3v) is 4.97. The number of ketones is 1. The number of Topliss-reactive ketones (excluding diaryl/α,β-unsaturated/α-hetero) is 1. The van der Waals surface area contributed by atoms with Crippen molar-refractivity contribution in [2.45, 2.75) is 38.0 Å². The number of rotatable bonds is 5. The molecule has 0 unspecified atom stereocenters. The Kier molecular flexibility index (Phi) is 4.96. The van der Waals surface area contributed by atoms with E-state index in [9.17, 15) is 14.3 Å². The fourth-order valence-electron chi connectivity index (χ4n) is 3.50. The molecule has 1 fully saturated rings. The number of halogens is 1. The SMILES string of the molecule is O=C(C[C@H]1NCCC[C@@H]1O)Cn1cnc2nc(-c3ccc(F)cc3)ccc21. The number of aromatic nitrogens is 3. The average molecular weight is 368 g/mol. The topological polar surface area (TPSA) is 80.0 Å². The number of nitrogens with one attached hydrogen (secondary N) is 1. The number of hydrogen-bond donors (Lipinski definition) is 2. The van der Waals surface area contributed by atoms with Gasteiger partial charge in [0, 0.05) is 18.0 Å². The summed E-state index contributed by atoms with van der Waals surface area (Å²) in [4.78, 5) is 21.2. The summed E-state index contributed by atoms with van der Waals surface area (Å²) in [5, 5.41) is 13.2. The Morgan fingerprint density at radius 2 is 2.07 bits per heavy atom. The van der Waals surface area contributed by atoms with Gasteiger partial charge in [0.1, 0.15) is 5.82 Å². The lowest BCUT2D eigenvalue weighted by Crippen LogP contribution is -2.46. The second kappa shape index (κ2) is 7.54. The Labute approximate surface area is 156 Å². The first-order chi connectivity index (χ1) is 13.1. The molecule has 4 rings (SSSR count). The third-order valence-electron chi connectivity index (χ3n) is 4.97. The maximum absolute atomic E-state index is 13.1. The molecule has 0 aliphatic carbocycles. The fraction of sp³-hybridized carbons (Fsp3) is 0.350. The molecule has 0 amide bonds. The van der Waals surface area contributed by atoms with Crippen LogP contribution in [-0.2, 0) is 11.3 Å². The summed E-state index contributed by atoms with van der Waals surface area (Å²) >= 11 is 0. The second-order valence-electron chi connectivity index (χ2n) is 6.93. The average Bonchev–Trinajstić information content (AvgIpc) is 3.06. The molecule has 1 aromatic carbocycles. The highest BCUT2D eigenvalue weighted by Crippen LogP contribution is 2.21. The number of carbonyl (C=O) groups is 1. The maximum atomic E-state index is 13.1. The van der Waals surface area contributed by atoms with E-state index in [-0.39, 0.29) is 24.2 Å². The summed E-state index contributed by atoms with van der Waals surface area (Å²) in [6, 6.07) is 9.67. The van der Waals surface area contributed by atoms with Crippen molar-refractivity contribution in [3.05, 3.63) is 48.5 Å². The molecule has 2 atom stereocenters. The van der Waals surface area contributed by atoms with E-state index >= 15 is 0 Å². The maximum Gasteiger partial charge on any atom is 0.178 e. The van der Waals surface area contributed by atoms with E-state index in [4.69, 9.17) is 0 Å². The lowest BCUT2D eigenvalue weighted by atomic mass is 9.97. The van der Waals surface area contributed by atoms with Gasteiger partial charge in [0.05, 0.1) is 30.2 Å². The van der Waals surface area contributed by atoms with Crippen molar-refractivity contribution in [2.75, 3.05) is 6.54 Å². The molecule has 2 N–H and O–H groups in total. The molecule has 140 valence electrons. The number of aliphatic hydroxyl groups excluding tert-OH is 1. The minimum absolute atomic E-state index is 0.0374. The minimum Gasteiger partial charge on any atom is -0.391 e. The highest BCUT2D eigenvalue weighted by molar-refractivity contribution is 5.82. The Balaban J connectivity index is 1.49. The van der Waals surface area contributed by atoms with E-state index in [1.807, 2.05) is 12.1 Å². The predicted octanol–water partition coefficient (Wildman–Crippen LogP) is 2.31. The first-order valence-corrected chi connectivity index (χ1v) is 9.11. The lowest BCUT2D eigenvalue weighted by Gasteiger charge is -2.28. The first kappa shape index (κ1) is 17.8. The highest BCUT2D eigenvalue weighted by Gasteiger charge is 2.25. The molecule has 0 spiro atoms. The molecule has 6 nitrogen and oxygen atoms in total. The van der Waals surface area contributed by atoms with Crippen molar-refractivity contribution < 1.29 is 14.3 Å². The molecular formula is C20H21FN4O2. The largest absolute Gasteiger partial charge is 0.391 e. The van der Waals surface area contributed by atoms with Crippen molar-refractivity contribution in [2.24, 2.45) is 0 Å². The minimum atomic E-state index is -0.470. The van der Waals surface area contributed by atoms with E-state index in [0.29, 0.717) is 17.8 Å². The molecule has 1 saturated heterocycles. The standard InChI is InChI=1S/C20H21FN4O2/c21-14-5-3-13(4-6-14)16-7-8-18-20(24-16)23-12-25(18)11-15(26)10-17-19(27)2-1-9-22-17/h3-8,12,17,19,22,27H,1-2,9-11H2/t17-,19+/m1/s1. The number of carbonyl (C=O) groups excluding carboxylic acids is 1. The van der Waals surface area contributed by atoms with Gasteiger partial charge in [-0.25, -0.2) is 14.4 Å². The van der Waals surface area contributed by atoms with Crippen LogP contribution < -0.4 is 5.32 Å². The van der Waals surface area contributed by atoms with Gasteiger partial charge < -0.3 is 15.0 Å². The van der Waals surface area contributed by atoms with Gasteiger partial charge in [-0.1, -0.05) is 0 Å². The van der Waals surface area contributed by atoms with Crippen molar-refractivity contribution in [1.29, 1.82) is 0 Å². The van der Waals surface area contributed by atoms with Crippen LogP contribution in [0.4, 0.5) is 4.39 Å². The number of nitrogens with zero attached hydrogens (tertiary/aromatic N) is 3. The Bertz CT molecular complexity index is 954. The smallest absolute Gasteiger partial charge is 0.178 e. The molecule has 27 heavy (non-hydrogen) atoms. The van der Waals surface area contributed by atoms with E-state index in [1.54, 1.807) is 23.0 Å². The molecule has 3 heterocycles. The fourth-order valence-corrected chi connectivity index (χ4v) is 3.50. The van der Waals surface area contributed by atoms with Crippen molar-refractivity contribution in [1.82, 2.24) is 19.9 Å². The summed E-state index contributed by atoms with van der Waals surface area (Å²) in [6.45, 7) is 1.03. The van der Waals surface area contributed by atoms with Crippen molar-refractivity contribution in [3.8, 4) is 11.3 Å². The molecule has 1 aliphatic rings. The van der Waals surface area contributed by atoms with E-state index < -0.39 is 6.10 Å². The predicted molar refractivity (Wildman–Crippen MR) is 99.6 cm³/mol. The lowest BCUT2D eigenvalue weighted by molar-refractivity contribution is -0.121. The summed E-state index contributed by atoms with van der Waals surface area (Å²) in [7, 11) is 0. The number of piperidine rings is 1. The Morgan fingerprint density at radius 1 is 1.26 bits per heavy atom. The molecule has 1 aliphatic heterocycles. The number of hydrogen-bond acceptors (Lipinski definition) is 5. The van der Waals surface area contributed by atoms with Gasteiger partial charge in [0.15, 0.2) is 11.4 Å². The van der Waals surface area contributed by atoms with Gasteiger partial charge in [-0.15, -0.1) is 0 Å². The normalized spacial score (nSPS) is 20.1. The zero-order valence-electron chi connectivity index (χ0n) is 14.8. The van der Waals surface area contributed by atoms with Gasteiger partial charge in [0.2, 0.25) is 0 Å². The summed E-state index contributed by atoms with van der Waals surface area (Å²) in [5.41, 5.74) is 2.82. The molecule has 7 heteroatoms. The molecule has 0 radical (unpaired) electrons. The van der Waals surface area contributed by atoms with Gasteiger partial charge in [-0.3, -0.25) is 4.79 Å². The van der Waals surface area contributed by atoms with Crippen LogP contribution in [0, 0.1) is 5.82 Å². The Morgan fingerprint density at radius 3 is 2.85 bits per heavy atom. The van der Waals surface area contributed by atoms with Crippen LogP contribution in [0.1, 0.15) is 19.3 Å². The molecule has 0 saturated carbocycles. The van der Waals surface area contributed by atoms with Crippen LogP contribution in [-0.4, -0.2) is 44.1 Å². The summed E-state index contributed by atoms with van der Waals surface area (Å²) < 4.78 is 14.9. The van der Waals surface area contributed by atoms with Crippen LogP contribution in [0.5, 0.6) is 0 Å².